The van der Waals surface area contributed by atoms with E-state index in [4.69, 9.17) is 5.73 Å². The van der Waals surface area contributed by atoms with Crippen LogP contribution in [0, 0.1) is 11.8 Å². The largest absolute Gasteiger partial charge is 0.330 e. The van der Waals surface area contributed by atoms with E-state index in [-0.39, 0.29) is 0 Å². The molecule has 1 aliphatic rings. The van der Waals surface area contributed by atoms with Crippen molar-refractivity contribution >= 4 is 0 Å². The van der Waals surface area contributed by atoms with Crippen LogP contribution in [0.15, 0.2) is 12.7 Å². The van der Waals surface area contributed by atoms with E-state index in [0.717, 1.165) is 18.4 Å². The second-order valence-electron chi connectivity index (χ2n) is 5.20. The van der Waals surface area contributed by atoms with Crippen molar-refractivity contribution in [1.82, 2.24) is 4.90 Å². The van der Waals surface area contributed by atoms with Crippen LogP contribution >= 0.6 is 0 Å². The van der Waals surface area contributed by atoms with Crippen LogP contribution < -0.4 is 5.73 Å². The van der Waals surface area contributed by atoms with Crippen molar-refractivity contribution in [3.8, 4) is 0 Å². The van der Waals surface area contributed by atoms with Crippen LogP contribution in [0.5, 0.6) is 0 Å². The van der Waals surface area contributed by atoms with Crippen molar-refractivity contribution in [2.24, 2.45) is 17.6 Å². The molecule has 2 N–H and O–H groups in total. The molecule has 1 heterocycles. The predicted octanol–water partition coefficient (Wildman–Crippen LogP) is 2.65. The van der Waals surface area contributed by atoms with Gasteiger partial charge < -0.3 is 10.6 Å². The van der Waals surface area contributed by atoms with Gasteiger partial charge >= 0.3 is 0 Å². The molecule has 0 saturated carbocycles. The molecule has 0 bridgehead atoms. The predicted molar refractivity (Wildman–Crippen MR) is 71.4 cm³/mol. The summed E-state index contributed by atoms with van der Waals surface area (Å²) >= 11 is 0. The molecular formula is C14H28N2. The summed E-state index contributed by atoms with van der Waals surface area (Å²) in [5.74, 6) is 1.55. The molecule has 2 atom stereocenters. The molecule has 94 valence electrons. The van der Waals surface area contributed by atoms with Crippen molar-refractivity contribution in [3.05, 3.63) is 12.7 Å². The lowest BCUT2D eigenvalue weighted by molar-refractivity contribution is 0.130. The van der Waals surface area contributed by atoms with Gasteiger partial charge in [0.15, 0.2) is 0 Å². The quantitative estimate of drug-likeness (QED) is 0.532. The summed E-state index contributed by atoms with van der Waals surface area (Å²) in [6.45, 7) is 10.7. The topological polar surface area (TPSA) is 29.3 Å². The van der Waals surface area contributed by atoms with E-state index in [0.29, 0.717) is 0 Å². The number of unbranched alkanes of at least 4 members (excludes halogenated alkanes) is 3. The van der Waals surface area contributed by atoms with Gasteiger partial charge in [-0.1, -0.05) is 19.4 Å². The molecule has 1 fully saturated rings. The Balaban J connectivity index is 2.11. The summed E-state index contributed by atoms with van der Waals surface area (Å²) < 4.78 is 0. The Bertz CT molecular complexity index is 191. The molecule has 0 amide bonds. The van der Waals surface area contributed by atoms with Crippen LogP contribution in [0.25, 0.3) is 0 Å². The van der Waals surface area contributed by atoms with Crippen molar-refractivity contribution < 1.29 is 0 Å². The van der Waals surface area contributed by atoms with Crippen molar-refractivity contribution in [2.75, 3.05) is 26.2 Å². The van der Waals surface area contributed by atoms with Gasteiger partial charge in [0.25, 0.3) is 0 Å². The van der Waals surface area contributed by atoms with Gasteiger partial charge in [-0.2, -0.15) is 0 Å². The summed E-state index contributed by atoms with van der Waals surface area (Å²) in [7, 11) is 0. The van der Waals surface area contributed by atoms with Gasteiger partial charge in [-0.15, -0.1) is 6.58 Å². The fraction of sp³-hybridized carbons (Fsp3) is 0.857. The highest BCUT2D eigenvalue weighted by molar-refractivity contribution is 4.78. The van der Waals surface area contributed by atoms with Crippen LogP contribution in [-0.4, -0.2) is 31.1 Å². The lowest BCUT2D eigenvalue weighted by atomic mass is 9.87. The van der Waals surface area contributed by atoms with E-state index in [1.165, 1.54) is 51.7 Å². The van der Waals surface area contributed by atoms with Crippen molar-refractivity contribution in [2.45, 2.75) is 39.0 Å². The Morgan fingerprint density at radius 1 is 1.38 bits per heavy atom. The van der Waals surface area contributed by atoms with Crippen molar-refractivity contribution in [3.63, 3.8) is 0 Å². The van der Waals surface area contributed by atoms with Gasteiger partial charge in [0, 0.05) is 6.54 Å². The number of nitrogens with two attached hydrogens (primary N) is 1. The Hall–Kier alpha value is -0.340. The van der Waals surface area contributed by atoms with Gasteiger partial charge in [0.1, 0.15) is 0 Å². The fourth-order valence-corrected chi connectivity index (χ4v) is 2.54. The SMILES string of the molecule is C=CCCCCCN1CCC(C)C(CN)C1. The summed E-state index contributed by atoms with van der Waals surface area (Å²) in [4.78, 5) is 2.60. The third-order valence-electron chi connectivity index (χ3n) is 3.88. The molecule has 0 aromatic rings. The second-order valence-corrected chi connectivity index (χ2v) is 5.20. The summed E-state index contributed by atoms with van der Waals surface area (Å²) in [5, 5.41) is 0. The van der Waals surface area contributed by atoms with E-state index < -0.39 is 0 Å². The van der Waals surface area contributed by atoms with E-state index >= 15 is 0 Å². The Labute approximate surface area is 101 Å². The van der Waals surface area contributed by atoms with E-state index in [1.807, 2.05) is 6.08 Å². The molecular weight excluding hydrogens is 196 g/mol. The minimum atomic E-state index is 0.724. The third-order valence-corrected chi connectivity index (χ3v) is 3.88. The smallest absolute Gasteiger partial charge is 0.00243 e. The van der Waals surface area contributed by atoms with Gasteiger partial charge in [0.05, 0.1) is 0 Å². The van der Waals surface area contributed by atoms with Crippen molar-refractivity contribution in [1.29, 1.82) is 0 Å². The molecule has 0 aliphatic carbocycles. The minimum absolute atomic E-state index is 0.724. The summed E-state index contributed by atoms with van der Waals surface area (Å²) in [6, 6.07) is 0. The Morgan fingerprint density at radius 3 is 2.88 bits per heavy atom. The maximum atomic E-state index is 5.81. The molecule has 16 heavy (non-hydrogen) atoms. The molecule has 2 unspecified atom stereocenters. The van der Waals surface area contributed by atoms with Crippen LogP contribution in [0.1, 0.15) is 39.0 Å². The average Bonchev–Trinajstić information content (AvgIpc) is 2.31. The summed E-state index contributed by atoms with van der Waals surface area (Å²) in [6.07, 6.45) is 8.49. The fourth-order valence-electron chi connectivity index (χ4n) is 2.54. The average molecular weight is 224 g/mol. The molecule has 2 nitrogen and oxygen atoms in total. The second kappa shape index (κ2) is 7.86. The highest BCUT2D eigenvalue weighted by Gasteiger charge is 2.24. The Kier molecular flexibility index (Phi) is 6.74. The third kappa shape index (κ3) is 4.67. The normalized spacial score (nSPS) is 26.9. The van der Waals surface area contributed by atoms with E-state index in [1.54, 1.807) is 0 Å². The molecule has 1 rings (SSSR count). The Morgan fingerprint density at radius 2 is 2.19 bits per heavy atom. The molecule has 0 aromatic carbocycles. The number of likely N-dealkylation sites (tertiary alicyclic amines) is 1. The molecule has 0 spiro atoms. The molecule has 1 saturated heterocycles. The first-order valence-electron chi connectivity index (χ1n) is 6.81. The minimum Gasteiger partial charge on any atom is -0.330 e. The lowest BCUT2D eigenvalue weighted by Gasteiger charge is -2.36. The monoisotopic (exact) mass is 224 g/mol. The highest BCUT2D eigenvalue weighted by atomic mass is 15.1. The van der Waals surface area contributed by atoms with Crippen LogP contribution in [0.3, 0.4) is 0 Å². The molecule has 0 aromatic heterocycles. The number of rotatable bonds is 7. The molecule has 2 heteroatoms. The number of hydrogen-bond donors (Lipinski definition) is 1. The lowest BCUT2D eigenvalue weighted by Crippen LogP contribution is -2.42. The first-order valence-corrected chi connectivity index (χ1v) is 6.81. The number of piperidine rings is 1. The number of hydrogen-bond acceptors (Lipinski definition) is 2. The maximum absolute atomic E-state index is 5.81. The molecule has 1 aliphatic heterocycles. The first kappa shape index (κ1) is 13.7. The van der Waals surface area contributed by atoms with Crippen LogP contribution in [-0.2, 0) is 0 Å². The number of nitrogens with zero attached hydrogens (tertiary/aromatic N) is 1. The maximum Gasteiger partial charge on any atom is 0.00243 e. The zero-order valence-corrected chi connectivity index (χ0v) is 10.8. The van der Waals surface area contributed by atoms with Crippen LogP contribution in [0.4, 0.5) is 0 Å². The highest BCUT2D eigenvalue weighted by Crippen LogP contribution is 2.22. The van der Waals surface area contributed by atoms with Gasteiger partial charge in [-0.05, 0) is 57.2 Å². The zero-order chi connectivity index (χ0) is 11.8. The van der Waals surface area contributed by atoms with Crippen LogP contribution in [0.2, 0.25) is 0 Å². The first-order chi connectivity index (χ1) is 7.77. The van der Waals surface area contributed by atoms with Gasteiger partial charge in [-0.25, -0.2) is 0 Å². The van der Waals surface area contributed by atoms with Gasteiger partial charge in [-0.3, -0.25) is 0 Å². The van der Waals surface area contributed by atoms with E-state index in [2.05, 4.69) is 18.4 Å². The standard InChI is InChI=1S/C14H28N2/c1-3-4-5-6-7-9-16-10-8-13(2)14(11-15)12-16/h3,13-14H,1,4-12,15H2,2H3. The number of allylic oxidation sites excluding steroid dienone is 1. The zero-order valence-electron chi connectivity index (χ0n) is 10.8. The van der Waals surface area contributed by atoms with E-state index in [9.17, 15) is 0 Å². The summed E-state index contributed by atoms with van der Waals surface area (Å²) in [5.41, 5.74) is 5.81. The van der Waals surface area contributed by atoms with Gasteiger partial charge in [0.2, 0.25) is 0 Å². The molecule has 0 radical (unpaired) electrons.